The third kappa shape index (κ3) is 3.92. The van der Waals surface area contributed by atoms with Crippen LogP contribution in [-0.2, 0) is 4.79 Å². The molecule has 1 rings (SSSR count). The van der Waals surface area contributed by atoms with Crippen molar-refractivity contribution >= 4 is 11.6 Å². The number of rotatable bonds is 6. The average molecular weight is 268 g/mol. The van der Waals surface area contributed by atoms with Gasteiger partial charge in [0.2, 0.25) is 5.91 Å². The SMILES string of the molecule is CCNC(=O)CN(CC)c1cccc(F)c1C(C)O. The first-order chi connectivity index (χ1) is 9.01. The van der Waals surface area contributed by atoms with Crippen molar-refractivity contribution in [1.29, 1.82) is 0 Å². The minimum absolute atomic E-state index is 0.120. The van der Waals surface area contributed by atoms with E-state index in [1.54, 1.807) is 17.0 Å². The highest BCUT2D eigenvalue weighted by Gasteiger charge is 2.18. The molecule has 0 saturated heterocycles. The molecule has 0 saturated carbocycles. The lowest BCUT2D eigenvalue weighted by molar-refractivity contribution is -0.119. The highest BCUT2D eigenvalue weighted by molar-refractivity contribution is 5.81. The van der Waals surface area contributed by atoms with Crippen molar-refractivity contribution in [2.75, 3.05) is 24.5 Å². The standard InChI is InChI=1S/C14H21FN2O2/c1-4-16-13(19)9-17(5-2)12-8-6-7-11(15)14(12)10(3)18/h6-8,10,18H,4-5,9H2,1-3H3,(H,16,19). The summed E-state index contributed by atoms with van der Waals surface area (Å²) in [5, 5.41) is 12.4. The summed E-state index contributed by atoms with van der Waals surface area (Å²) in [4.78, 5) is 13.4. The molecule has 0 radical (unpaired) electrons. The zero-order valence-electron chi connectivity index (χ0n) is 11.6. The fourth-order valence-electron chi connectivity index (χ4n) is 2.01. The molecule has 0 fully saturated rings. The van der Waals surface area contributed by atoms with Gasteiger partial charge in [0.05, 0.1) is 12.6 Å². The van der Waals surface area contributed by atoms with E-state index in [0.29, 0.717) is 18.8 Å². The number of likely N-dealkylation sites (N-methyl/N-ethyl adjacent to an activating group) is 2. The highest BCUT2D eigenvalue weighted by Crippen LogP contribution is 2.28. The molecule has 1 amide bonds. The molecule has 0 aromatic heterocycles. The van der Waals surface area contributed by atoms with E-state index in [1.165, 1.54) is 13.0 Å². The number of hydrogen-bond acceptors (Lipinski definition) is 3. The van der Waals surface area contributed by atoms with E-state index in [1.807, 2.05) is 13.8 Å². The van der Waals surface area contributed by atoms with Gasteiger partial charge in [-0.2, -0.15) is 0 Å². The molecular weight excluding hydrogens is 247 g/mol. The second-order valence-electron chi connectivity index (χ2n) is 4.32. The normalized spacial score (nSPS) is 12.1. The number of hydrogen-bond donors (Lipinski definition) is 2. The van der Waals surface area contributed by atoms with Crippen molar-refractivity contribution in [3.05, 3.63) is 29.6 Å². The van der Waals surface area contributed by atoms with Crippen molar-refractivity contribution in [3.8, 4) is 0 Å². The second kappa shape index (κ2) is 7.09. The molecule has 5 heteroatoms. The van der Waals surface area contributed by atoms with Crippen molar-refractivity contribution < 1.29 is 14.3 Å². The maximum Gasteiger partial charge on any atom is 0.239 e. The topological polar surface area (TPSA) is 52.6 Å². The summed E-state index contributed by atoms with van der Waals surface area (Å²) in [6, 6.07) is 4.61. The number of carbonyl (C=O) groups excluding carboxylic acids is 1. The van der Waals surface area contributed by atoms with E-state index in [4.69, 9.17) is 0 Å². The van der Waals surface area contributed by atoms with Crippen molar-refractivity contribution in [2.45, 2.75) is 26.9 Å². The molecule has 0 heterocycles. The van der Waals surface area contributed by atoms with Crippen molar-refractivity contribution in [3.63, 3.8) is 0 Å². The molecule has 0 bridgehead atoms. The number of halogens is 1. The van der Waals surface area contributed by atoms with Gasteiger partial charge in [0.1, 0.15) is 5.82 Å². The van der Waals surface area contributed by atoms with Gasteiger partial charge < -0.3 is 15.3 Å². The number of aliphatic hydroxyl groups is 1. The molecule has 1 aromatic rings. The number of nitrogens with one attached hydrogen (secondary N) is 1. The van der Waals surface area contributed by atoms with E-state index in [2.05, 4.69) is 5.32 Å². The van der Waals surface area contributed by atoms with Crippen LogP contribution in [0.2, 0.25) is 0 Å². The average Bonchev–Trinajstić information content (AvgIpc) is 2.35. The maximum atomic E-state index is 13.8. The van der Waals surface area contributed by atoms with Gasteiger partial charge in [0, 0.05) is 24.3 Å². The quantitative estimate of drug-likeness (QED) is 0.827. The molecule has 4 nitrogen and oxygen atoms in total. The monoisotopic (exact) mass is 268 g/mol. The Kier molecular flexibility index (Phi) is 5.76. The van der Waals surface area contributed by atoms with E-state index < -0.39 is 11.9 Å². The van der Waals surface area contributed by atoms with Crippen LogP contribution < -0.4 is 10.2 Å². The van der Waals surface area contributed by atoms with E-state index in [-0.39, 0.29) is 18.0 Å². The van der Waals surface area contributed by atoms with Gasteiger partial charge in [0.25, 0.3) is 0 Å². The highest BCUT2D eigenvalue weighted by atomic mass is 19.1. The number of carbonyl (C=O) groups is 1. The molecule has 106 valence electrons. The summed E-state index contributed by atoms with van der Waals surface area (Å²) in [6.45, 7) is 6.51. The molecule has 1 unspecified atom stereocenters. The zero-order valence-corrected chi connectivity index (χ0v) is 11.6. The first-order valence-corrected chi connectivity index (χ1v) is 6.49. The lowest BCUT2D eigenvalue weighted by Gasteiger charge is -2.26. The summed E-state index contributed by atoms with van der Waals surface area (Å²) >= 11 is 0. The molecule has 0 aliphatic carbocycles. The third-order valence-electron chi connectivity index (χ3n) is 2.88. The summed E-state index contributed by atoms with van der Waals surface area (Å²) in [7, 11) is 0. The minimum atomic E-state index is -0.917. The van der Waals surface area contributed by atoms with Crippen molar-refractivity contribution in [1.82, 2.24) is 5.32 Å². The molecule has 19 heavy (non-hydrogen) atoms. The Hall–Kier alpha value is -1.62. The lowest BCUT2D eigenvalue weighted by atomic mass is 10.1. The molecule has 0 aliphatic heterocycles. The number of amides is 1. The van der Waals surface area contributed by atoms with Crippen molar-refractivity contribution in [2.24, 2.45) is 0 Å². The third-order valence-corrected chi connectivity index (χ3v) is 2.88. The van der Waals surface area contributed by atoms with Gasteiger partial charge >= 0.3 is 0 Å². The Bertz CT molecular complexity index is 435. The Morgan fingerprint density at radius 3 is 2.68 bits per heavy atom. The smallest absolute Gasteiger partial charge is 0.239 e. The number of nitrogens with zero attached hydrogens (tertiary/aromatic N) is 1. The van der Waals surface area contributed by atoms with E-state index >= 15 is 0 Å². The van der Waals surface area contributed by atoms with Gasteiger partial charge in [-0.25, -0.2) is 4.39 Å². The Labute approximate surface area is 113 Å². The van der Waals surface area contributed by atoms with Crippen LogP contribution in [0, 0.1) is 5.82 Å². The van der Waals surface area contributed by atoms with E-state index in [0.717, 1.165) is 0 Å². The Morgan fingerprint density at radius 1 is 1.47 bits per heavy atom. The molecule has 0 aliphatic rings. The second-order valence-corrected chi connectivity index (χ2v) is 4.32. The van der Waals surface area contributed by atoms with Gasteiger partial charge in [0.15, 0.2) is 0 Å². The minimum Gasteiger partial charge on any atom is -0.389 e. The maximum absolute atomic E-state index is 13.8. The van der Waals surface area contributed by atoms with Crippen LogP contribution in [0.1, 0.15) is 32.4 Å². The Morgan fingerprint density at radius 2 is 2.16 bits per heavy atom. The van der Waals surface area contributed by atoms with Crippen LogP contribution in [0.5, 0.6) is 0 Å². The fourth-order valence-corrected chi connectivity index (χ4v) is 2.01. The molecular formula is C14H21FN2O2. The Balaban J connectivity index is 3.04. The number of aliphatic hydroxyl groups excluding tert-OH is 1. The summed E-state index contributed by atoms with van der Waals surface area (Å²) in [5.74, 6) is -0.577. The fraction of sp³-hybridized carbons (Fsp3) is 0.500. The zero-order chi connectivity index (χ0) is 14.4. The lowest BCUT2D eigenvalue weighted by Crippen LogP contribution is -2.37. The summed E-state index contributed by atoms with van der Waals surface area (Å²) < 4.78 is 13.8. The van der Waals surface area contributed by atoms with Gasteiger partial charge in [-0.05, 0) is 32.9 Å². The number of benzene rings is 1. The van der Waals surface area contributed by atoms with Crippen LogP contribution in [0.3, 0.4) is 0 Å². The first-order valence-electron chi connectivity index (χ1n) is 6.49. The van der Waals surface area contributed by atoms with Crippen LogP contribution >= 0.6 is 0 Å². The molecule has 2 N–H and O–H groups in total. The predicted molar refractivity (Wildman–Crippen MR) is 73.6 cm³/mol. The number of anilines is 1. The van der Waals surface area contributed by atoms with E-state index in [9.17, 15) is 14.3 Å². The van der Waals surface area contributed by atoms with Crippen LogP contribution in [-0.4, -0.2) is 30.6 Å². The van der Waals surface area contributed by atoms with Crippen LogP contribution in [0.15, 0.2) is 18.2 Å². The molecule has 1 aromatic carbocycles. The summed E-state index contributed by atoms with van der Waals surface area (Å²) in [6.07, 6.45) is -0.917. The van der Waals surface area contributed by atoms with Crippen LogP contribution in [0.25, 0.3) is 0 Å². The van der Waals surface area contributed by atoms with Gasteiger partial charge in [-0.15, -0.1) is 0 Å². The van der Waals surface area contributed by atoms with Gasteiger partial charge in [-0.1, -0.05) is 6.07 Å². The van der Waals surface area contributed by atoms with Gasteiger partial charge in [-0.3, -0.25) is 4.79 Å². The predicted octanol–water partition coefficient (Wildman–Crippen LogP) is 1.84. The first kappa shape index (κ1) is 15.4. The molecule has 1 atom stereocenters. The van der Waals surface area contributed by atoms with Crippen LogP contribution in [0.4, 0.5) is 10.1 Å². The summed E-state index contributed by atoms with van der Waals surface area (Å²) in [5.41, 5.74) is 0.789. The largest absolute Gasteiger partial charge is 0.389 e. The molecule has 0 spiro atoms.